The Morgan fingerprint density at radius 3 is 2.55 bits per heavy atom. The molecule has 0 spiro atoms. The molecular formula is C16H15NO3. The van der Waals surface area contributed by atoms with E-state index in [1.54, 1.807) is 32.4 Å². The molecule has 0 fully saturated rings. The first-order valence-corrected chi connectivity index (χ1v) is 6.10. The van der Waals surface area contributed by atoms with Crippen molar-refractivity contribution < 1.29 is 14.2 Å². The SMILES string of the molecule is COc1cccc(COc2ccc(C#N)cc2OC)c1. The van der Waals surface area contributed by atoms with Gasteiger partial charge in [0, 0.05) is 6.07 Å². The summed E-state index contributed by atoms with van der Waals surface area (Å²) in [5.41, 5.74) is 1.53. The van der Waals surface area contributed by atoms with Crippen LogP contribution in [0.4, 0.5) is 0 Å². The fourth-order valence-corrected chi connectivity index (χ4v) is 1.78. The Morgan fingerprint density at radius 1 is 1.00 bits per heavy atom. The molecule has 0 aromatic heterocycles. The molecule has 0 amide bonds. The maximum absolute atomic E-state index is 8.85. The zero-order valence-electron chi connectivity index (χ0n) is 11.4. The van der Waals surface area contributed by atoms with Gasteiger partial charge in [0.05, 0.1) is 25.9 Å². The molecule has 102 valence electrons. The molecular weight excluding hydrogens is 254 g/mol. The highest BCUT2D eigenvalue weighted by atomic mass is 16.5. The van der Waals surface area contributed by atoms with Gasteiger partial charge in [-0.05, 0) is 29.8 Å². The maximum Gasteiger partial charge on any atom is 0.162 e. The molecule has 0 aliphatic carbocycles. The number of ether oxygens (including phenoxy) is 3. The van der Waals surface area contributed by atoms with Gasteiger partial charge in [0.1, 0.15) is 12.4 Å². The highest BCUT2D eigenvalue weighted by molar-refractivity contribution is 5.46. The van der Waals surface area contributed by atoms with E-state index in [0.29, 0.717) is 23.7 Å². The molecule has 4 heteroatoms. The van der Waals surface area contributed by atoms with Gasteiger partial charge < -0.3 is 14.2 Å². The monoisotopic (exact) mass is 269 g/mol. The highest BCUT2D eigenvalue weighted by Gasteiger charge is 2.06. The van der Waals surface area contributed by atoms with Crippen LogP contribution in [0.1, 0.15) is 11.1 Å². The number of nitrogens with zero attached hydrogens (tertiary/aromatic N) is 1. The van der Waals surface area contributed by atoms with Gasteiger partial charge in [-0.2, -0.15) is 5.26 Å². The van der Waals surface area contributed by atoms with Crippen molar-refractivity contribution in [2.75, 3.05) is 14.2 Å². The normalized spacial score (nSPS) is 9.65. The van der Waals surface area contributed by atoms with Crippen LogP contribution >= 0.6 is 0 Å². The number of nitriles is 1. The molecule has 2 rings (SSSR count). The average Bonchev–Trinajstić information content (AvgIpc) is 2.52. The van der Waals surface area contributed by atoms with Gasteiger partial charge in [0.2, 0.25) is 0 Å². The lowest BCUT2D eigenvalue weighted by atomic mass is 10.2. The van der Waals surface area contributed by atoms with Gasteiger partial charge in [0.15, 0.2) is 11.5 Å². The summed E-state index contributed by atoms with van der Waals surface area (Å²) in [7, 11) is 3.18. The van der Waals surface area contributed by atoms with Crippen LogP contribution in [-0.4, -0.2) is 14.2 Å². The molecule has 0 aliphatic heterocycles. The molecule has 0 bridgehead atoms. The second-order valence-electron chi connectivity index (χ2n) is 4.12. The summed E-state index contributed by atoms with van der Waals surface area (Å²) >= 11 is 0. The van der Waals surface area contributed by atoms with Crippen LogP contribution in [0, 0.1) is 11.3 Å². The zero-order chi connectivity index (χ0) is 14.4. The zero-order valence-corrected chi connectivity index (χ0v) is 11.4. The fourth-order valence-electron chi connectivity index (χ4n) is 1.78. The van der Waals surface area contributed by atoms with E-state index >= 15 is 0 Å². The van der Waals surface area contributed by atoms with Crippen LogP contribution in [0.2, 0.25) is 0 Å². The van der Waals surface area contributed by atoms with Crippen LogP contribution in [0.5, 0.6) is 17.2 Å². The Hall–Kier alpha value is -2.67. The standard InChI is InChI=1S/C16H15NO3/c1-18-14-5-3-4-13(8-14)11-20-15-7-6-12(10-17)9-16(15)19-2/h3-9H,11H2,1-2H3. The first-order chi connectivity index (χ1) is 9.76. The van der Waals surface area contributed by atoms with Crippen molar-refractivity contribution in [2.24, 2.45) is 0 Å². The molecule has 0 saturated carbocycles. The van der Waals surface area contributed by atoms with Crippen molar-refractivity contribution >= 4 is 0 Å². The first kappa shape index (κ1) is 13.8. The summed E-state index contributed by atoms with van der Waals surface area (Å²) in [6, 6.07) is 14.8. The highest BCUT2D eigenvalue weighted by Crippen LogP contribution is 2.28. The minimum Gasteiger partial charge on any atom is -0.497 e. The van der Waals surface area contributed by atoms with Crippen molar-refractivity contribution in [1.82, 2.24) is 0 Å². The van der Waals surface area contributed by atoms with E-state index in [4.69, 9.17) is 19.5 Å². The van der Waals surface area contributed by atoms with E-state index in [0.717, 1.165) is 11.3 Å². The van der Waals surface area contributed by atoms with Gasteiger partial charge >= 0.3 is 0 Å². The molecule has 0 atom stereocenters. The van der Waals surface area contributed by atoms with Crippen molar-refractivity contribution in [2.45, 2.75) is 6.61 Å². The molecule has 0 unspecified atom stereocenters. The van der Waals surface area contributed by atoms with Crippen molar-refractivity contribution in [3.63, 3.8) is 0 Å². The third-order valence-electron chi connectivity index (χ3n) is 2.82. The van der Waals surface area contributed by atoms with Crippen LogP contribution in [0.25, 0.3) is 0 Å². The second-order valence-corrected chi connectivity index (χ2v) is 4.12. The van der Waals surface area contributed by atoms with Gasteiger partial charge in [-0.1, -0.05) is 12.1 Å². The lowest BCUT2D eigenvalue weighted by molar-refractivity contribution is 0.284. The largest absolute Gasteiger partial charge is 0.497 e. The topological polar surface area (TPSA) is 51.5 Å². The summed E-state index contributed by atoms with van der Waals surface area (Å²) < 4.78 is 16.1. The quantitative estimate of drug-likeness (QED) is 0.836. The van der Waals surface area contributed by atoms with E-state index in [-0.39, 0.29) is 0 Å². The van der Waals surface area contributed by atoms with Gasteiger partial charge in [0.25, 0.3) is 0 Å². The van der Waals surface area contributed by atoms with Crippen molar-refractivity contribution in [3.8, 4) is 23.3 Å². The molecule has 0 aliphatic rings. The molecule has 4 nitrogen and oxygen atoms in total. The number of methoxy groups -OCH3 is 2. The molecule has 0 saturated heterocycles. The third-order valence-corrected chi connectivity index (χ3v) is 2.82. The number of benzene rings is 2. The predicted molar refractivity (Wildman–Crippen MR) is 75.0 cm³/mol. The predicted octanol–water partition coefficient (Wildman–Crippen LogP) is 3.15. The summed E-state index contributed by atoms with van der Waals surface area (Å²) in [6.07, 6.45) is 0. The Bertz CT molecular complexity index is 632. The summed E-state index contributed by atoms with van der Waals surface area (Å²) in [5.74, 6) is 1.94. The minimum atomic E-state index is 0.402. The average molecular weight is 269 g/mol. The smallest absolute Gasteiger partial charge is 0.162 e. The molecule has 0 radical (unpaired) electrons. The van der Waals surface area contributed by atoms with Crippen LogP contribution in [0.15, 0.2) is 42.5 Å². The molecule has 0 N–H and O–H groups in total. The molecule has 2 aromatic carbocycles. The van der Waals surface area contributed by atoms with E-state index in [2.05, 4.69) is 6.07 Å². The van der Waals surface area contributed by atoms with Crippen LogP contribution < -0.4 is 14.2 Å². The van der Waals surface area contributed by atoms with E-state index in [1.165, 1.54) is 0 Å². The number of hydrogen-bond acceptors (Lipinski definition) is 4. The minimum absolute atomic E-state index is 0.402. The lowest BCUT2D eigenvalue weighted by Gasteiger charge is -2.11. The lowest BCUT2D eigenvalue weighted by Crippen LogP contribution is -1.98. The Kier molecular flexibility index (Phi) is 4.46. The molecule has 0 heterocycles. The Morgan fingerprint density at radius 2 is 1.85 bits per heavy atom. The van der Waals surface area contributed by atoms with Crippen LogP contribution in [-0.2, 0) is 6.61 Å². The van der Waals surface area contributed by atoms with E-state index < -0.39 is 0 Å². The Labute approximate surface area is 118 Å². The summed E-state index contributed by atoms with van der Waals surface area (Å²) in [4.78, 5) is 0. The summed E-state index contributed by atoms with van der Waals surface area (Å²) in [6.45, 7) is 0.402. The fraction of sp³-hybridized carbons (Fsp3) is 0.188. The number of rotatable bonds is 5. The van der Waals surface area contributed by atoms with Gasteiger partial charge in [-0.15, -0.1) is 0 Å². The molecule has 20 heavy (non-hydrogen) atoms. The van der Waals surface area contributed by atoms with Crippen molar-refractivity contribution in [3.05, 3.63) is 53.6 Å². The molecule has 2 aromatic rings. The first-order valence-electron chi connectivity index (χ1n) is 6.10. The Balaban J connectivity index is 2.12. The van der Waals surface area contributed by atoms with Crippen LogP contribution in [0.3, 0.4) is 0 Å². The maximum atomic E-state index is 8.85. The second kappa shape index (κ2) is 6.48. The van der Waals surface area contributed by atoms with Gasteiger partial charge in [-0.3, -0.25) is 0 Å². The van der Waals surface area contributed by atoms with E-state index in [9.17, 15) is 0 Å². The number of hydrogen-bond donors (Lipinski definition) is 0. The van der Waals surface area contributed by atoms with Gasteiger partial charge in [-0.25, -0.2) is 0 Å². The van der Waals surface area contributed by atoms with E-state index in [1.807, 2.05) is 24.3 Å². The third kappa shape index (κ3) is 3.21. The summed E-state index contributed by atoms with van der Waals surface area (Å²) in [5, 5.41) is 8.85. The van der Waals surface area contributed by atoms with Crippen molar-refractivity contribution in [1.29, 1.82) is 5.26 Å².